The fourth-order valence-electron chi connectivity index (χ4n) is 4.60. The van der Waals surface area contributed by atoms with E-state index < -0.39 is 5.97 Å². The molecule has 5 heteroatoms. The van der Waals surface area contributed by atoms with Gasteiger partial charge in [0.15, 0.2) is 0 Å². The number of carbonyl (C=O) groups is 1. The Kier molecular flexibility index (Phi) is 14.6. The summed E-state index contributed by atoms with van der Waals surface area (Å²) in [6, 6.07) is 19.9. The van der Waals surface area contributed by atoms with Crippen LogP contribution in [0.1, 0.15) is 112 Å². The van der Waals surface area contributed by atoms with Crippen LogP contribution < -0.4 is 9.47 Å². The average molecular weight is 558 g/mol. The molecule has 0 aromatic heterocycles. The van der Waals surface area contributed by atoms with Crippen LogP contribution in [0.25, 0.3) is 0 Å². The van der Waals surface area contributed by atoms with Crippen LogP contribution in [0.4, 0.5) is 5.69 Å². The number of phenolic OH excluding ortho intramolecular Hbond substituents is 1. The summed E-state index contributed by atoms with van der Waals surface area (Å²) < 4.78 is 11.3. The summed E-state index contributed by atoms with van der Waals surface area (Å²) in [6.07, 6.45) is 17.9. The predicted octanol–water partition coefficient (Wildman–Crippen LogP) is 10.0. The van der Waals surface area contributed by atoms with Crippen molar-refractivity contribution in [1.29, 1.82) is 0 Å². The molecule has 0 aliphatic heterocycles. The summed E-state index contributed by atoms with van der Waals surface area (Å²) in [5.74, 6) is 0.519. The zero-order chi connectivity index (χ0) is 29.1. The first-order chi connectivity index (χ1) is 20.1. The molecular weight excluding hydrogens is 510 g/mol. The maximum atomic E-state index is 12.6. The zero-order valence-electron chi connectivity index (χ0n) is 24.9. The van der Waals surface area contributed by atoms with E-state index in [1.54, 1.807) is 42.6 Å². The van der Waals surface area contributed by atoms with E-state index in [1.165, 1.54) is 82.3 Å². The molecular formula is C36H47NO4. The van der Waals surface area contributed by atoms with Crippen molar-refractivity contribution in [1.82, 2.24) is 0 Å². The number of aryl methyl sites for hydroxylation is 1. The summed E-state index contributed by atoms with van der Waals surface area (Å²) in [7, 11) is 0. The summed E-state index contributed by atoms with van der Waals surface area (Å²) in [4.78, 5) is 17.1. The molecule has 0 radical (unpaired) electrons. The van der Waals surface area contributed by atoms with Gasteiger partial charge in [0.1, 0.15) is 17.2 Å². The second-order valence-corrected chi connectivity index (χ2v) is 10.7. The van der Waals surface area contributed by atoms with Crippen LogP contribution in [0.15, 0.2) is 71.7 Å². The van der Waals surface area contributed by atoms with Gasteiger partial charge in [0, 0.05) is 17.8 Å². The van der Waals surface area contributed by atoms with Crippen molar-refractivity contribution in [2.24, 2.45) is 4.99 Å². The van der Waals surface area contributed by atoms with Crippen LogP contribution in [0.5, 0.6) is 17.2 Å². The van der Waals surface area contributed by atoms with E-state index in [-0.39, 0.29) is 11.5 Å². The number of aliphatic imine (C=N–C) groups is 1. The monoisotopic (exact) mass is 557 g/mol. The van der Waals surface area contributed by atoms with E-state index in [9.17, 15) is 9.90 Å². The first-order valence-electron chi connectivity index (χ1n) is 15.5. The third kappa shape index (κ3) is 12.2. The van der Waals surface area contributed by atoms with Gasteiger partial charge in [-0.3, -0.25) is 4.99 Å². The lowest BCUT2D eigenvalue weighted by Crippen LogP contribution is -2.08. The van der Waals surface area contributed by atoms with Crippen LogP contribution in [-0.4, -0.2) is 23.9 Å². The lowest BCUT2D eigenvalue weighted by Gasteiger charge is -2.08. The minimum Gasteiger partial charge on any atom is -0.507 e. The van der Waals surface area contributed by atoms with Crippen molar-refractivity contribution in [2.45, 2.75) is 97.3 Å². The number of esters is 1. The van der Waals surface area contributed by atoms with Gasteiger partial charge in [-0.2, -0.15) is 0 Å². The highest BCUT2D eigenvalue weighted by molar-refractivity contribution is 5.91. The highest BCUT2D eigenvalue weighted by atomic mass is 16.5. The van der Waals surface area contributed by atoms with Crippen LogP contribution in [0.3, 0.4) is 0 Å². The Hall–Kier alpha value is -3.60. The molecule has 3 aromatic carbocycles. The van der Waals surface area contributed by atoms with E-state index in [1.807, 2.05) is 12.1 Å². The molecule has 0 saturated heterocycles. The quantitative estimate of drug-likeness (QED) is 0.0689. The van der Waals surface area contributed by atoms with Gasteiger partial charge in [-0.25, -0.2) is 4.79 Å². The van der Waals surface area contributed by atoms with Gasteiger partial charge in [0.25, 0.3) is 0 Å². The molecule has 0 heterocycles. The Bertz CT molecular complexity index is 1190. The van der Waals surface area contributed by atoms with Gasteiger partial charge < -0.3 is 14.6 Å². The minimum absolute atomic E-state index is 0.00524. The molecule has 3 aromatic rings. The third-order valence-electron chi connectivity index (χ3n) is 7.18. The molecule has 0 fully saturated rings. The highest BCUT2D eigenvalue weighted by Gasteiger charge is 2.11. The largest absolute Gasteiger partial charge is 0.507 e. The second kappa shape index (κ2) is 18.7. The fraction of sp³-hybridized carbons (Fsp3) is 0.444. The van der Waals surface area contributed by atoms with Crippen molar-refractivity contribution in [2.75, 3.05) is 6.61 Å². The Balaban J connectivity index is 1.38. The molecule has 0 spiro atoms. The topological polar surface area (TPSA) is 68.1 Å². The van der Waals surface area contributed by atoms with Gasteiger partial charge >= 0.3 is 5.97 Å². The number of rotatable bonds is 19. The van der Waals surface area contributed by atoms with Crippen LogP contribution in [0.2, 0.25) is 0 Å². The first-order valence-corrected chi connectivity index (χ1v) is 15.5. The van der Waals surface area contributed by atoms with Crippen LogP contribution >= 0.6 is 0 Å². The molecule has 5 nitrogen and oxygen atoms in total. The lowest BCUT2D eigenvalue weighted by molar-refractivity contribution is 0.0734. The molecule has 0 aliphatic carbocycles. The summed E-state index contributed by atoms with van der Waals surface area (Å²) in [5, 5.41) is 10.4. The molecule has 0 unspecified atom stereocenters. The highest BCUT2D eigenvalue weighted by Crippen LogP contribution is 2.25. The van der Waals surface area contributed by atoms with Gasteiger partial charge in [0.2, 0.25) is 0 Å². The van der Waals surface area contributed by atoms with E-state index in [0.29, 0.717) is 17.7 Å². The molecule has 220 valence electrons. The van der Waals surface area contributed by atoms with Gasteiger partial charge in [-0.15, -0.1) is 0 Å². The number of unbranched alkanes of at least 4 members (excludes halogenated alkanes) is 10. The van der Waals surface area contributed by atoms with Crippen molar-refractivity contribution < 1.29 is 19.4 Å². The molecule has 0 bridgehead atoms. The lowest BCUT2D eigenvalue weighted by atomic mass is 10.1. The predicted molar refractivity (Wildman–Crippen MR) is 169 cm³/mol. The smallest absolute Gasteiger partial charge is 0.343 e. The summed E-state index contributed by atoms with van der Waals surface area (Å²) in [5.41, 5.74) is 3.08. The van der Waals surface area contributed by atoms with E-state index in [0.717, 1.165) is 24.3 Å². The maximum Gasteiger partial charge on any atom is 0.343 e. The molecule has 1 N–H and O–H groups in total. The number of hydrogen-bond donors (Lipinski definition) is 1. The fourth-order valence-corrected chi connectivity index (χ4v) is 4.60. The molecule has 41 heavy (non-hydrogen) atoms. The van der Waals surface area contributed by atoms with Crippen molar-refractivity contribution in [3.05, 3.63) is 83.4 Å². The number of nitrogens with zero attached hydrogens (tertiary/aromatic N) is 1. The molecule has 3 rings (SSSR count). The Morgan fingerprint density at radius 1 is 0.732 bits per heavy atom. The van der Waals surface area contributed by atoms with E-state index >= 15 is 0 Å². The van der Waals surface area contributed by atoms with Gasteiger partial charge in [-0.1, -0.05) is 90.2 Å². The maximum absolute atomic E-state index is 12.6. The van der Waals surface area contributed by atoms with Gasteiger partial charge in [0.05, 0.1) is 17.9 Å². The zero-order valence-corrected chi connectivity index (χ0v) is 24.9. The molecule has 0 saturated carbocycles. The standard InChI is InChI=1S/C36H47NO4/c1-3-5-7-8-9-10-11-12-13-14-26-40-33-23-18-30(19-24-33)36(39)41-34-25-20-31(35(38)27-34)28-37-32-21-16-29(17-22-32)15-6-4-2/h16-25,27-28,38H,3-15,26H2,1-2H3. The van der Waals surface area contributed by atoms with Gasteiger partial charge in [-0.05, 0) is 73.4 Å². The number of aromatic hydroxyl groups is 1. The van der Waals surface area contributed by atoms with E-state index in [4.69, 9.17) is 9.47 Å². The number of carbonyl (C=O) groups excluding carboxylic acids is 1. The average Bonchev–Trinajstić information content (AvgIpc) is 2.99. The number of phenols is 1. The summed E-state index contributed by atoms with van der Waals surface area (Å²) >= 11 is 0. The van der Waals surface area contributed by atoms with Crippen LogP contribution in [0, 0.1) is 0 Å². The summed E-state index contributed by atoms with van der Waals surface area (Å²) in [6.45, 7) is 5.12. The molecule has 0 atom stereocenters. The Morgan fingerprint density at radius 2 is 1.34 bits per heavy atom. The SMILES string of the molecule is CCCCCCCCCCCCOc1ccc(C(=O)Oc2ccc(C=Nc3ccc(CCCC)cc3)c(O)c2)cc1. The third-order valence-corrected chi connectivity index (χ3v) is 7.18. The van der Waals surface area contributed by atoms with Crippen molar-refractivity contribution in [3.8, 4) is 17.2 Å². The second-order valence-electron chi connectivity index (χ2n) is 10.7. The Morgan fingerprint density at radius 3 is 1.98 bits per heavy atom. The number of benzene rings is 3. The van der Waals surface area contributed by atoms with Crippen molar-refractivity contribution >= 4 is 17.9 Å². The first kappa shape index (κ1) is 31.9. The number of ether oxygens (including phenoxy) is 2. The molecule has 0 aliphatic rings. The van der Waals surface area contributed by atoms with E-state index in [2.05, 4.69) is 31.0 Å². The Labute approximate surface area is 246 Å². The minimum atomic E-state index is -0.491. The van der Waals surface area contributed by atoms with Crippen molar-refractivity contribution in [3.63, 3.8) is 0 Å². The van der Waals surface area contributed by atoms with Crippen LogP contribution in [-0.2, 0) is 6.42 Å². The number of hydrogen-bond acceptors (Lipinski definition) is 5. The normalized spacial score (nSPS) is 11.2. The molecule has 0 amide bonds.